The lowest BCUT2D eigenvalue weighted by Gasteiger charge is -2.06. The Morgan fingerprint density at radius 3 is 2.67 bits per heavy atom. The third-order valence-electron chi connectivity index (χ3n) is 1.93. The van der Waals surface area contributed by atoms with E-state index >= 15 is 0 Å². The van der Waals surface area contributed by atoms with E-state index in [2.05, 4.69) is 25.9 Å². The molecule has 0 aliphatic heterocycles. The van der Waals surface area contributed by atoms with E-state index in [4.69, 9.17) is 16.3 Å². The van der Waals surface area contributed by atoms with Crippen molar-refractivity contribution in [2.75, 3.05) is 13.2 Å². The van der Waals surface area contributed by atoms with Gasteiger partial charge in [-0.05, 0) is 29.3 Å². The van der Waals surface area contributed by atoms with E-state index in [9.17, 15) is 0 Å². The Bertz CT molecular complexity index is 333. The number of hydrogen-bond acceptors (Lipinski definition) is 3. The Morgan fingerprint density at radius 2 is 2.07 bits per heavy atom. The standard InChI is InChI=1S/C10H14BrClN2O/c1-3-7-9(11)10(12)14-8(13-7)5-6-15-4-2/h3-6H2,1-2H3. The SMILES string of the molecule is CCOCCc1nc(Cl)c(Br)c(CC)n1. The Kier molecular flexibility index (Phi) is 5.50. The molecule has 0 fully saturated rings. The molecule has 0 aromatic carbocycles. The second-order valence-electron chi connectivity index (χ2n) is 2.99. The van der Waals surface area contributed by atoms with Crippen LogP contribution in [0.2, 0.25) is 5.15 Å². The van der Waals surface area contributed by atoms with Crippen molar-refractivity contribution in [2.24, 2.45) is 0 Å². The lowest BCUT2D eigenvalue weighted by atomic mass is 10.3. The monoisotopic (exact) mass is 292 g/mol. The zero-order valence-electron chi connectivity index (χ0n) is 8.89. The van der Waals surface area contributed by atoms with Gasteiger partial charge in [-0.25, -0.2) is 9.97 Å². The van der Waals surface area contributed by atoms with Crippen molar-refractivity contribution in [3.05, 3.63) is 21.1 Å². The highest BCUT2D eigenvalue weighted by atomic mass is 79.9. The average Bonchev–Trinajstić information content (AvgIpc) is 2.23. The normalized spacial score (nSPS) is 10.7. The average molecular weight is 294 g/mol. The molecule has 0 aliphatic rings. The van der Waals surface area contributed by atoms with Crippen LogP contribution in [0.4, 0.5) is 0 Å². The van der Waals surface area contributed by atoms with E-state index in [1.807, 2.05) is 13.8 Å². The second kappa shape index (κ2) is 6.40. The molecule has 0 saturated heterocycles. The van der Waals surface area contributed by atoms with Crippen molar-refractivity contribution in [3.63, 3.8) is 0 Å². The van der Waals surface area contributed by atoms with Gasteiger partial charge in [-0.1, -0.05) is 18.5 Å². The number of aryl methyl sites for hydroxylation is 1. The molecule has 0 spiro atoms. The predicted octanol–water partition coefficient (Wildman–Crippen LogP) is 3.03. The molecule has 1 heterocycles. The largest absolute Gasteiger partial charge is 0.381 e. The molecule has 3 nitrogen and oxygen atoms in total. The van der Waals surface area contributed by atoms with Gasteiger partial charge in [0.2, 0.25) is 0 Å². The molecule has 0 unspecified atom stereocenters. The van der Waals surface area contributed by atoms with E-state index in [1.165, 1.54) is 0 Å². The summed E-state index contributed by atoms with van der Waals surface area (Å²) in [7, 11) is 0. The van der Waals surface area contributed by atoms with Crippen LogP contribution < -0.4 is 0 Å². The van der Waals surface area contributed by atoms with Gasteiger partial charge in [0, 0.05) is 13.0 Å². The highest BCUT2D eigenvalue weighted by molar-refractivity contribution is 9.10. The number of nitrogens with zero attached hydrogens (tertiary/aromatic N) is 2. The number of rotatable bonds is 5. The van der Waals surface area contributed by atoms with Crippen molar-refractivity contribution in [1.82, 2.24) is 9.97 Å². The molecule has 0 N–H and O–H groups in total. The fourth-order valence-electron chi connectivity index (χ4n) is 1.17. The molecule has 5 heteroatoms. The summed E-state index contributed by atoms with van der Waals surface area (Å²) < 4.78 is 6.04. The van der Waals surface area contributed by atoms with E-state index in [-0.39, 0.29) is 0 Å². The van der Waals surface area contributed by atoms with Gasteiger partial charge in [0.05, 0.1) is 16.8 Å². The van der Waals surface area contributed by atoms with Crippen LogP contribution in [0.3, 0.4) is 0 Å². The van der Waals surface area contributed by atoms with Crippen molar-refractivity contribution in [1.29, 1.82) is 0 Å². The summed E-state index contributed by atoms with van der Waals surface area (Å²) in [4.78, 5) is 8.58. The third kappa shape index (κ3) is 3.70. The summed E-state index contributed by atoms with van der Waals surface area (Å²) in [6.45, 7) is 5.35. The van der Waals surface area contributed by atoms with Gasteiger partial charge < -0.3 is 4.74 Å². The van der Waals surface area contributed by atoms with Gasteiger partial charge in [0.1, 0.15) is 11.0 Å². The van der Waals surface area contributed by atoms with Crippen LogP contribution in [0.15, 0.2) is 4.47 Å². The van der Waals surface area contributed by atoms with Crippen LogP contribution in [0.25, 0.3) is 0 Å². The van der Waals surface area contributed by atoms with E-state index in [0.717, 1.165) is 22.4 Å². The van der Waals surface area contributed by atoms with E-state index < -0.39 is 0 Å². The molecule has 1 aromatic heterocycles. The van der Waals surface area contributed by atoms with Crippen LogP contribution in [-0.4, -0.2) is 23.2 Å². The summed E-state index contributed by atoms with van der Waals surface area (Å²) in [5.74, 6) is 0.744. The lowest BCUT2D eigenvalue weighted by molar-refractivity contribution is 0.149. The second-order valence-corrected chi connectivity index (χ2v) is 4.14. The molecular weight excluding hydrogens is 279 g/mol. The zero-order chi connectivity index (χ0) is 11.3. The summed E-state index contributed by atoms with van der Waals surface area (Å²) >= 11 is 9.34. The molecule has 0 radical (unpaired) electrons. The molecular formula is C10H14BrClN2O. The van der Waals surface area contributed by atoms with Crippen LogP contribution in [0, 0.1) is 0 Å². The maximum Gasteiger partial charge on any atom is 0.147 e. The number of halogens is 2. The number of hydrogen-bond donors (Lipinski definition) is 0. The number of aromatic nitrogens is 2. The molecule has 0 amide bonds. The number of ether oxygens (including phenoxy) is 1. The smallest absolute Gasteiger partial charge is 0.147 e. The first-order chi connectivity index (χ1) is 7.19. The first kappa shape index (κ1) is 12.9. The predicted molar refractivity (Wildman–Crippen MR) is 64.3 cm³/mol. The highest BCUT2D eigenvalue weighted by Crippen LogP contribution is 2.23. The van der Waals surface area contributed by atoms with Crippen LogP contribution in [0.5, 0.6) is 0 Å². The first-order valence-corrected chi connectivity index (χ1v) is 6.14. The molecule has 0 bridgehead atoms. The molecule has 0 aliphatic carbocycles. The quantitative estimate of drug-likeness (QED) is 0.618. The van der Waals surface area contributed by atoms with Crippen molar-refractivity contribution in [3.8, 4) is 0 Å². The van der Waals surface area contributed by atoms with Crippen molar-refractivity contribution >= 4 is 27.5 Å². The molecule has 0 saturated carbocycles. The fraction of sp³-hybridized carbons (Fsp3) is 0.600. The summed E-state index contributed by atoms with van der Waals surface area (Å²) in [6.07, 6.45) is 1.54. The third-order valence-corrected chi connectivity index (χ3v) is 3.27. The van der Waals surface area contributed by atoms with Crippen LogP contribution in [-0.2, 0) is 17.6 Å². The maximum absolute atomic E-state index is 5.97. The Balaban J connectivity index is 2.77. The first-order valence-electron chi connectivity index (χ1n) is 4.97. The van der Waals surface area contributed by atoms with Gasteiger partial charge in [0.15, 0.2) is 0 Å². The Hall–Kier alpha value is -0.190. The van der Waals surface area contributed by atoms with Gasteiger partial charge in [-0.2, -0.15) is 0 Å². The minimum Gasteiger partial charge on any atom is -0.381 e. The van der Waals surface area contributed by atoms with Crippen molar-refractivity contribution < 1.29 is 4.74 Å². The van der Waals surface area contributed by atoms with Crippen LogP contribution >= 0.6 is 27.5 Å². The summed E-state index contributed by atoms with van der Waals surface area (Å²) in [6, 6.07) is 0. The van der Waals surface area contributed by atoms with Gasteiger partial charge in [-0.15, -0.1) is 0 Å². The minimum absolute atomic E-state index is 0.480. The van der Waals surface area contributed by atoms with Crippen LogP contribution in [0.1, 0.15) is 25.4 Å². The van der Waals surface area contributed by atoms with Gasteiger partial charge in [0.25, 0.3) is 0 Å². The Labute approximate surface area is 103 Å². The molecule has 1 rings (SSSR count). The molecule has 1 aromatic rings. The van der Waals surface area contributed by atoms with E-state index in [1.54, 1.807) is 0 Å². The molecule has 15 heavy (non-hydrogen) atoms. The topological polar surface area (TPSA) is 35.0 Å². The van der Waals surface area contributed by atoms with Gasteiger partial charge in [-0.3, -0.25) is 0 Å². The Morgan fingerprint density at radius 1 is 1.33 bits per heavy atom. The zero-order valence-corrected chi connectivity index (χ0v) is 11.2. The van der Waals surface area contributed by atoms with Gasteiger partial charge >= 0.3 is 0 Å². The fourth-order valence-corrected chi connectivity index (χ4v) is 1.83. The van der Waals surface area contributed by atoms with E-state index in [0.29, 0.717) is 24.8 Å². The molecule has 84 valence electrons. The minimum atomic E-state index is 0.480. The maximum atomic E-state index is 5.97. The summed E-state index contributed by atoms with van der Waals surface area (Å²) in [5.41, 5.74) is 0.946. The summed E-state index contributed by atoms with van der Waals surface area (Å²) in [5, 5.41) is 0.480. The van der Waals surface area contributed by atoms with Crippen molar-refractivity contribution in [2.45, 2.75) is 26.7 Å². The molecule has 0 atom stereocenters. The highest BCUT2D eigenvalue weighted by Gasteiger charge is 2.08. The lowest BCUT2D eigenvalue weighted by Crippen LogP contribution is -2.05.